The molecule has 0 radical (unpaired) electrons. The molecular weight excluding hydrogens is 574 g/mol. The first-order chi connectivity index (χ1) is 22.4. The van der Waals surface area contributed by atoms with Crippen LogP contribution in [0.1, 0.15) is 39.9 Å². The first kappa shape index (κ1) is 34.1. The lowest BCUT2D eigenvalue weighted by Crippen LogP contribution is -2.55. The fraction of sp³-hybridized carbons (Fsp3) is 0.289. The van der Waals surface area contributed by atoms with Gasteiger partial charge in [0.05, 0.1) is 0 Å². The highest BCUT2D eigenvalue weighted by Crippen LogP contribution is 2.21. The molecular formula is C38H45N5O3. The molecule has 240 valence electrons. The van der Waals surface area contributed by atoms with E-state index in [-0.39, 0.29) is 24.1 Å². The Labute approximate surface area is 272 Å². The van der Waals surface area contributed by atoms with Crippen molar-refractivity contribution in [2.24, 2.45) is 11.5 Å². The van der Waals surface area contributed by atoms with Crippen LogP contribution in [-0.4, -0.2) is 61.4 Å². The first-order valence-corrected chi connectivity index (χ1v) is 15.9. The molecule has 6 N–H and O–H groups in total. The standard InChI is InChI=1S/C38H45N5O3/c1-43(35(27-28-11-4-2-5-12-28)37(45)41-24-9-8-22-39)38(46)34(42-36(44)33-16-10-13-29(25-33)21-23-40)26-30-17-19-32(20-18-30)31-14-6-3-7-15-31/h2-7,10-20,25,34-35H,8-9,21-24,26-27,39-40H2,1H3,(H,41,45)(H,42,44). The lowest BCUT2D eigenvalue weighted by atomic mass is 9.98. The van der Waals surface area contributed by atoms with Crippen LogP contribution in [0.3, 0.4) is 0 Å². The maximum Gasteiger partial charge on any atom is 0.251 e. The van der Waals surface area contributed by atoms with Gasteiger partial charge in [-0.05, 0) is 72.3 Å². The molecule has 0 aliphatic heterocycles. The van der Waals surface area contributed by atoms with Crippen LogP contribution < -0.4 is 22.1 Å². The molecule has 8 nitrogen and oxygen atoms in total. The number of amides is 3. The Morgan fingerprint density at radius 2 is 1.33 bits per heavy atom. The second-order valence-corrected chi connectivity index (χ2v) is 11.5. The fourth-order valence-electron chi connectivity index (χ4n) is 5.42. The van der Waals surface area contributed by atoms with Crippen LogP contribution in [-0.2, 0) is 28.9 Å². The Morgan fingerprint density at radius 3 is 2.00 bits per heavy atom. The highest BCUT2D eigenvalue weighted by molar-refractivity contribution is 5.98. The third kappa shape index (κ3) is 9.86. The number of benzene rings is 4. The number of hydrogen-bond donors (Lipinski definition) is 4. The van der Waals surface area contributed by atoms with Gasteiger partial charge in [-0.2, -0.15) is 0 Å². The zero-order chi connectivity index (χ0) is 32.7. The molecule has 3 amide bonds. The molecule has 0 fully saturated rings. The second kappa shape index (κ2) is 17.6. The van der Waals surface area contributed by atoms with Gasteiger partial charge < -0.3 is 27.0 Å². The molecule has 4 aromatic rings. The number of likely N-dealkylation sites (N-methyl/N-ethyl adjacent to an activating group) is 1. The number of unbranched alkanes of at least 4 members (excludes halogenated alkanes) is 1. The second-order valence-electron chi connectivity index (χ2n) is 11.5. The SMILES string of the molecule is CN(C(=O)C(Cc1ccc(-c2ccccc2)cc1)NC(=O)c1cccc(CCN)c1)C(Cc1ccccc1)C(=O)NCCCCN. The molecule has 0 heterocycles. The minimum atomic E-state index is -0.915. The van der Waals surface area contributed by atoms with E-state index >= 15 is 0 Å². The Bertz CT molecular complexity index is 1540. The van der Waals surface area contributed by atoms with Crippen molar-refractivity contribution in [2.75, 3.05) is 26.7 Å². The van der Waals surface area contributed by atoms with Crippen molar-refractivity contribution in [3.05, 3.63) is 131 Å². The summed E-state index contributed by atoms with van der Waals surface area (Å²) >= 11 is 0. The molecule has 8 heteroatoms. The molecule has 4 rings (SSSR count). The molecule has 0 saturated carbocycles. The van der Waals surface area contributed by atoms with Crippen molar-refractivity contribution in [3.8, 4) is 11.1 Å². The van der Waals surface area contributed by atoms with Crippen molar-refractivity contribution in [3.63, 3.8) is 0 Å². The quantitative estimate of drug-likeness (QED) is 0.140. The average Bonchev–Trinajstić information content (AvgIpc) is 3.09. The largest absolute Gasteiger partial charge is 0.354 e. The van der Waals surface area contributed by atoms with Gasteiger partial charge in [0.1, 0.15) is 12.1 Å². The van der Waals surface area contributed by atoms with E-state index in [0.717, 1.165) is 40.7 Å². The summed E-state index contributed by atoms with van der Waals surface area (Å²) in [7, 11) is 1.63. The van der Waals surface area contributed by atoms with Gasteiger partial charge >= 0.3 is 0 Å². The maximum absolute atomic E-state index is 14.3. The summed E-state index contributed by atoms with van der Waals surface area (Å²) in [5, 5.41) is 5.97. The third-order valence-electron chi connectivity index (χ3n) is 8.05. The van der Waals surface area contributed by atoms with Gasteiger partial charge in [0.25, 0.3) is 5.91 Å². The molecule has 0 spiro atoms. The molecule has 0 aliphatic rings. The summed E-state index contributed by atoms with van der Waals surface area (Å²) in [6, 6.07) is 33.2. The van der Waals surface area contributed by atoms with Gasteiger partial charge in [0, 0.05) is 32.0 Å². The normalized spacial score (nSPS) is 12.2. The summed E-state index contributed by atoms with van der Waals surface area (Å²) in [6.45, 7) is 1.48. The van der Waals surface area contributed by atoms with Gasteiger partial charge in [-0.3, -0.25) is 14.4 Å². The number of hydrogen-bond acceptors (Lipinski definition) is 5. The molecule has 0 aliphatic carbocycles. The van der Waals surface area contributed by atoms with Crippen LogP contribution in [0, 0.1) is 0 Å². The number of nitrogens with zero attached hydrogens (tertiary/aromatic N) is 1. The minimum Gasteiger partial charge on any atom is -0.354 e. The van der Waals surface area contributed by atoms with E-state index in [1.807, 2.05) is 97.1 Å². The molecule has 0 bridgehead atoms. The average molecular weight is 620 g/mol. The third-order valence-corrected chi connectivity index (χ3v) is 8.05. The van der Waals surface area contributed by atoms with Gasteiger partial charge in [0.2, 0.25) is 11.8 Å². The smallest absolute Gasteiger partial charge is 0.251 e. The Hall–Kier alpha value is -4.79. The van der Waals surface area contributed by atoms with E-state index in [1.54, 1.807) is 19.2 Å². The van der Waals surface area contributed by atoms with Gasteiger partial charge in [-0.1, -0.05) is 97.1 Å². The molecule has 46 heavy (non-hydrogen) atoms. The zero-order valence-electron chi connectivity index (χ0n) is 26.5. The number of nitrogens with two attached hydrogens (primary N) is 2. The van der Waals surface area contributed by atoms with E-state index in [4.69, 9.17) is 11.5 Å². The van der Waals surface area contributed by atoms with E-state index in [9.17, 15) is 14.4 Å². The highest BCUT2D eigenvalue weighted by Gasteiger charge is 2.32. The predicted molar refractivity (Wildman–Crippen MR) is 184 cm³/mol. The van der Waals surface area contributed by atoms with Crippen molar-refractivity contribution in [1.29, 1.82) is 0 Å². The Morgan fingerprint density at radius 1 is 0.696 bits per heavy atom. The summed E-state index contributed by atoms with van der Waals surface area (Å²) in [4.78, 5) is 42.8. The number of rotatable bonds is 16. The molecule has 4 aromatic carbocycles. The lowest BCUT2D eigenvalue weighted by molar-refractivity contribution is -0.140. The topological polar surface area (TPSA) is 131 Å². The maximum atomic E-state index is 14.3. The first-order valence-electron chi connectivity index (χ1n) is 15.9. The number of carbonyl (C=O) groups excluding carboxylic acids is 3. The van der Waals surface area contributed by atoms with Crippen LogP contribution >= 0.6 is 0 Å². The van der Waals surface area contributed by atoms with E-state index in [2.05, 4.69) is 10.6 Å². The van der Waals surface area contributed by atoms with Crippen LogP contribution in [0.15, 0.2) is 109 Å². The summed E-state index contributed by atoms with van der Waals surface area (Å²) in [6.07, 6.45) is 2.77. The highest BCUT2D eigenvalue weighted by atomic mass is 16.2. The van der Waals surface area contributed by atoms with Gasteiger partial charge in [-0.15, -0.1) is 0 Å². The fourth-order valence-corrected chi connectivity index (χ4v) is 5.42. The lowest BCUT2D eigenvalue weighted by Gasteiger charge is -2.31. The minimum absolute atomic E-state index is 0.247. The summed E-state index contributed by atoms with van der Waals surface area (Å²) in [5.41, 5.74) is 16.7. The van der Waals surface area contributed by atoms with Crippen molar-refractivity contribution < 1.29 is 14.4 Å². The summed E-state index contributed by atoms with van der Waals surface area (Å²) < 4.78 is 0. The monoisotopic (exact) mass is 619 g/mol. The number of nitrogens with one attached hydrogen (secondary N) is 2. The van der Waals surface area contributed by atoms with Crippen LogP contribution in [0.2, 0.25) is 0 Å². The van der Waals surface area contributed by atoms with Crippen molar-refractivity contribution in [2.45, 2.75) is 44.2 Å². The molecule has 0 saturated heterocycles. The Balaban J connectivity index is 1.60. The van der Waals surface area contributed by atoms with E-state index in [1.165, 1.54) is 4.90 Å². The van der Waals surface area contributed by atoms with Crippen LogP contribution in [0.4, 0.5) is 0 Å². The number of carbonyl (C=O) groups is 3. The molecule has 2 atom stereocenters. The molecule has 2 unspecified atom stereocenters. The Kier molecular flexibility index (Phi) is 13.1. The van der Waals surface area contributed by atoms with Crippen molar-refractivity contribution >= 4 is 17.7 Å². The summed E-state index contributed by atoms with van der Waals surface area (Å²) in [5.74, 6) is -0.961. The van der Waals surface area contributed by atoms with Gasteiger partial charge in [0.15, 0.2) is 0 Å². The van der Waals surface area contributed by atoms with E-state index < -0.39 is 12.1 Å². The van der Waals surface area contributed by atoms with Crippen molar-refractivity contribution in [1.82, 2.24) is 15.5 Å². The van der Waals surface area contributed by atoms with Gasteiger partial charge in [-0.25, -0.2) is 0 Å². The van der Waals surface area contributed by atoms with Crippen LogP contribution in [0.5, 0.6) is 0 Å². The molecule has 0 aromatic heterocycles. The zero-order valence-corrected chi connectivity index (χ0v) is 26.5. The predicted octanol–water partition coefficient (Wildman–Crippen LogP) is 4.12. The van der Waals surface area contributed by atoms with Crippen LogP contribution in [0.25, 0.3) is 11.1 Å². The van der Waals surface area contributed by atoms with E-state index in [0.29, 0.717) is 38.0 Å².